The predicted molar refractivity (Wildman–Crippen MR) is 75.8 cm³/mol. The second-order valence-corrected chi connectivity index (χ2v) is 4.69. The second kappa shape index (κ2) is 5.81. The van der Waals surface area contributed by atoms with Crippen LogP contribution in [0.25, 0.3) is 11.3 Å². The fraction of sp³-hybridized carbons (Fsp3) is 0.214. The van der Waals surface area contributed by atoms with E-state index in [-0.39, 0.29) is 0 Å². The molecule has 0 saturated heterocycles. The number of benzene rings is 1. The zero-order valence-corrected chi connectivity index (χ0v) is 12.2. The van der Waals surface area contributed by atoms with Crippen LogP contribution in [0.2, 0.25) is 0 Å². The number of hydrogen-bond acceptors (Lipinski definition) is 4. The van der Waals surface area contributed by atoms with Crippen LogP contribution in [0.5, 0.6) is 5.75 Å². The standard InChI is InChI=1S/C14H12BrN3O/c1-3-14-17-11(7-13(15)18-14)10-6-9(8-16)4-5-12(10)19-2/h4-7H,3H2,1-2H3. The van der Waals surface area contributed by atoms with E-state index in [1.807, 2.05) is 13.0 Å². The van der Waals surface area contributed by atoms with Crippen molar-refractivity contribution in [2.75, 3.05) is 7.11 Å². The molecule has 2 rings (SSSR count). The van der Waals surface area contributed by atoms with Gasteiger partial charge in [-0.2, -0.15) is 5.26 Å². The third-order valence-electron chi connectivity index (χ3n) is 2.66. The van der Waals surface area contributed by atoms with E-state index in [1.165, 1.54) is 0 Å². The van der Waals surface area contributed by atoms with Crippen LogP contribution in [-0.4, -0.2) is 17.1 Å². The summed E-state index contributed by atoms with van der Waals surface area (Å²) in [5, 5.41) is 9.00. The van der Waals surface area contributed by atoms with Gasteiger partial charge < -0.3 is 4.74 Å². The first-order valence-electron chi connectivity index (χ1n) is 5.80. The highest BCUT2D eigenvalue weighted by molar-refractivity contribution is 9.10. The van der Waals surface area contributed by atoms with Crippen LogP contribution in [0.3, 0.4) is 0 Å². The van der Waals surface area contributed by atoms with E-state index in [2.05, 4.69) is 32.0 Å². The van der Waals surface area contributed by atoms with Crippen molar-refractivity contribution in [1.82, 2.24) is 9.97 Å². The van der Waals surface area contributed by atoms with E-state index in [9.17, 15) is 0 Å². The molecule has 1 aromatic carbocycles. The molecule has 4 nitrogen and oxygen atoms in total. The SMILES string of the molecule is CCc1nc(Br)cc(-c2cc(C#N)ccc2OC)n1. The summed E-state index contributed by atoms with van der Waals surface area (Å²) in [6.45, 7) is 1.99. The summed E-state index contributed by atoms with van der Waals surface area (Å²) < 4.78 is 6.05. The van der Waals surface area contributed by atoms with Crippen molar-refractivity contribution in [2.45, 2.75) is 13.3 Å². The van der Waals surface area contributed by atoms with E-state index < -0.39 is 0 Å². The quantitative estimate of drug-likeness (QED) is 0.814. The van der Waals surface area contributed by atoms with Crippen molar-refractivity contribution >= 4 is 15.9 Å². The Bertz CT molecular complexity index is 650. The molecule has 1 aromatic heterocycles. The zero-order chi connectivity index (χ0) is 13.8. The molecule has 0 atom stereocenters. The lowest BCUT2D eigenvalue weighted by atomic mass is 10.1. The average Bonchev–Trinajstić information content (AvgIpc) is 2.45. The lowest BCUT2D eigenvalue weighted by molar-refractivity contribution is 0.416. The Morgan fingerprint density at radius 2 is 2.11 bits per heavy atom. The topological polar surface area (TPSA) is 58.8 Å². The van der Waals surface area contributed by atoms with Crippen LogP contribution in [-0.2, 0) is 6.42 Å². The van der Waals surface area contributed by atoms with E-state index in [0.717, 1.165) is 28.1 Å². The van der Waals surface area contributed by atoms with Gasteiger partial charge in [-0.3, -0.25) is 0 Å². The molecule has 0 unspecified atom stereocenters. The minimum absolute atomic E-state index is 0.573. The summed E-state index contributed by atoms with van der Waals surface area (Å²) >= 11 is 3.38. The Kier molecular flexibility index (Phi) is 4.13. The van der Waals surface area contributed by atoms with Crippen molar-refractivity contribution in [1.29, 1.82) is 5.26 Å². The molecule has 1 heterocycles. The van der Waals surface area contributed by atoms with Gasteiger partial charge in [0.2, 0.25) is 0 Å². The number of halogens is 1. The maximum atomic E-state index is 9.00. The van der Waals surface area contributed by atoms with Gasteiger partial charge >= 0.3 is 0 Å². The number of nitriles is 1. The van der Waals surface area contributed by atoms with E-state index >= 15 is 0 Å². The number of ether oxygens (including phenoxy) is 1. The Labute approximate surface area is 120 Å². The number of methoxy groups -OCH3 is 1. The molecule has 0 amide bonds. The lowest BCUT2D eigenvalue weighted by Crippen LogP contribution is -1.97. The Morgan fingerprint density at radius 1 is 1.32 bits per heavy atom. The first kappa shape index (κ1) is 13.5. The van der Waals surface area contributed by atoms with Gasteiger partial charge in [-0.1, -0.05) is 6.92 Å². The zero-order valence-electron chi connectivity index (χ0n) is 10.6. The Balaban J connectivity index is 2.63. The fourth-order valence-electron chi connectivity index (χ4n) is 1.74. The highest BCUT2D eigenvalue weighted by Gasteiger charge is 2.11. The molecule has 0 radical (unpaired) electrons. The van der Waals surface area contributed by atoms with Gasteiger partial charge in [0.15, 0.2) is 0 Å². The maximum absolute atomic E-state index is 9.00. The Morgan fingerprint density at radius 3 is 2.74 bits per heavy atom. The van der Waals surface area contributed by atoms with Crippen molar-refractivity contribution in [3.63, 3.8) is 0 Å². The summed E-state index contributed by atoms with van der Waals surface area (Å²) in [6, 6.07) is 9.20. The summed E-state index contributed by atoms with van der Waals surface area (Å²) in [7, 11) is 1.60. The highest BCUT2D eigenvalue weighted by Crippen LogP contribution is 2.30. The number of nitrogens with zero attached hydrogens (tertiary/aromatic N) is 3. The molecule has 0 saturated carbocycles. The lowest BCUT2D eigenvalue weighted by Gasteiger charge is -2.09. The van der Waals surface area contributed by atoms with Crippen LogP contribution >= 0.6 is 15.9 Å². The van der Waals surface area contributed by atoms with Crippen molar-refractivity contribution in [2.24, 2.45) is 0 Å². The number of hydrogen-bond donors (Lipinski definition) is 0. The molecule has 0 aliphatic carbocycles. The molecule has 0 fully saturated rings. The van der Waals surface area contributed by atoms with Gasteiger partial charge in [-0.25, -0.2) is 9.97 Å². The van der Waals surface area contributed by atoms with E-state index in [4.69, 9.17) is 10.00 Å². The van der Waals surface area contributed by atoms with Gasteiger partial charge in [0, 0.05) is 12.0 Å². The molecule has 5 heteroatoms. The normalized spacial score (nSPS) is 10.0. The van der Waals surface area contributed by atoms with Crippen LogP contribution in [0.4, 0.5) is 0 Å². The molecule has 0 spiro atoms. The molecule has 0 bridgehead atoms. The largest absolute Gasteiger partial charge is 0.496 e. The van der Waals surface area contributed by atoms with Crippen LogP contribution < -0.4 is 4.74 Å². The van der Waals surface area contributed by atoms with E-state index in [1.54, 1.807) is 25.3 Å². The number of aryl methyl sites for hydroxylation is 1. The van der Waals surface area contributed by atoms with Crippen LogP contribution in [0.1, 0.15) is 18.3 Å². The Hall–Kier alpha value is -1.93. The summed E-state index contributed by atoms with van der Waals surface area (Å²) in [5.41, 5.74) is 2.11. The minimum atomic E-state index is 0.573. The monoisotopic (exact) mass is 317 g/mol. The van der Waals surface area contributed by atoms with Crippen LogP contribution in [0, 0.1) is 11.3 Å². The molecule has 0 aliphatic rings. The molecule has 96 valence electrons. The molecule has 0 aliphatic heterocycles. The van der Waals surface area contributed by atoms with Gasteiger partial charge in [-0.05, 0) is 40.2 Å². The predicted octanol–water partition coefficient (Wildman–Crippen LogP) is 3.35. The third kappa shape index (κ3) is 2.91. The first-order valence-corrected chi connectivity index (χ1v) is 6.59. The molecule has 19 heavy (non-hydrogen) atoms. The molecule has 2 aromatic rings. The van der Waals surface area contributed by atoms with Crippen molar-refractivity contribution in [3.05, 3.63) is 40.3 Å². The first-order chi connectivity index (χ1) is 9.17. The summed E-state index contributed by atoms with van der Waals surface area (Å²) in [6.07, 6.45) is 0.743. The van der Waals surface area contributed by atoms with Crippen molar-refractivity contribution in [3.8, 4) is 23.1 Å². The number of rotatable bonds is 3. The minimum Gasteiger partial charge on any atom is -0.496 e. The molecular weight excluding hydrogens is 306 g/mol. The smallest absolute Gasteiger partial charge is 0.130 e. The fourth-order valence-corrected chi connectivity index (χ4v) is 2.16. The van der Waals surface area contributed by atoms with Crippen molar-refractivity contribution < 1.29 is 4.74 Å². The van der Waals surface area contributed by atoms with Gasteiger partial charge in [0.05, 0.1) is 24.4 Å². The van der Waals surface area contributed by atoms with Crippen LogP contribution in [0.15, 0.2) is 28.9 Å². The molecule has 0 N–H and O–H groups in total. The van der Waals surface area contributed by atoms with Gasteiger partial charge in [0.25, 0.3) is 0 Å². The average molecular weight is 318 g/mol. The third-order valence-corrected chi connectivity index (χ3v) is 3.07. The maximum Gasteiger partial charge on any atom is 0.130 e. The van der Waals surface area contributed by atoms with Gasteiger partial charge in [0.1, 0.15) is 16.2 Å². The summed E-state index contributed by atoms with van der Waals surface area (Å²) in [5.74, 6) is 1.43. The summed E-state index contributed by atoms with van der Waals surface area (Å²) in [4.78, 5) is 8.75. The highest BCUT2D eigenvalue weighted by atomic mass is 79.9. The second-order valence-electron chi connectivity index (χ2n) is 3.87. The molecular formula is C14H12BrN3O. The van der Waals surface area contributed by atoms with Gasteiger partial charge in [-0.15, -0.1) is 0 Å². The van der Waals surface area contributed by atoms with E-state index in [0.29, 0.717) is 11.3 Å². The number of aromatic nitrogens is 2.